The van der Waals surface area contributed by atoms with Crippen molar-refractivity contribution >= 4 is 12.3 Å². The molecule has 0 aliphatic rings. The predicted molar refractivity (Wildman–Crippen MR) is 51.1 cm³/mol. The van der Waals surface area contributed by atoms with Gasteiger partial charge in [-0.25, -0.2) is 4.79 Å². The average molecular weight is 188 g/mol. The van der Waals surface area contributed by atoms with Crippen molar-refractivity contribution < 1.29 is 14.7 Å². The largest absolute Gasteiger partial charge is 0.472 e. The van der Waals surface area contributed by atoms with Gasteiger partial charge in [-0.15, -0.1) is 0 Å². The number of benzene rings is 1. The topological polar surface area (TPSA) is 54.4 Å². The van der Waals surface area contributed by atoms with Crippen molar-refractivity contribution in [1.82, 2.24) is 0 Å². The highest BCUT2D eigenvalue weighted by molar-refractivity contribution is 5.89. The zero-order chi connectivity index (χ0) is 10.6. The molecule has 0 saturated carbocycles. The first-order chi connectivity index (χ1) is 6.65. The molecule has 0 unspecified atom stereocenters. The van der Waals surface area contributed by atoms with Gasteiger partial charge in [-0.2, -0.15) is 0 Å². The number of aldehydes is 1. The predicted octanol–water partition coefficient (Wildman–Crippen LogP) is 1.24. The summed E-state index contributed by atoms with van der Waals surface area (Å²) in [5.41, 5.74) is 1.69. The van der Waals surface area contributed by atoms with Crippen LogP contribution in [0, 0.1) is 18.8 Å². The van der Waals surface area contributed by atoms with Gasteiger partial charge in [0.1, 0.15) is 0 Å². The third-order valence-electron chi connectivity index (χ3n) is 1.73. The van der Waals surface area contributed by atoms with E-state index in [-0.39, 0.29) is 0 Å². The van der Waals surface area contributed by atoms with Gasteiger partial charge in [-0.1, -0.05) is 24.1 Å². The minimum atomic E-state index is -1.20. The summed E-state index contributed by atoms with van der Waals surface area (Å²) in [7, 11) is 0. The van der Waals surface area contributed by atoms with Crippen LogP contribution in [0.1, 0.15) is 21.5 Å². The summed E-state index contributed by atoms with van der Waals surface area (Å²) in [6, 6.07) is 5.11. The van der Waals surface area contributed by atoms with Crippen molar-refractivity contribution in [2.45, 2.75) is 6.92 Å². The van der Waals surface area contributed by atoms with Gasteiger partial charge in [-0.3, -0.25) is 4.79 Å². The van der Waals surface area contributed by atoms with E-state index < -0.39 is 5.97 Å². The van der Waals surface area contributed by atoms with Crippen LogP contribution in [0.15, 0.2) is 18.2 Å². The first-order valence-corrected chi connectivity index (χ1v) is 3.95. The minimum Gasteiger partial charge on any atom is -0.472 e. The van der Waals surface area contributed by atoms with Gasteiger partial charge >= 0.3 is 5.97 Å². The van der Waals surface area contributed by atoms with Gasteiger partial charge in [-0.05, 0) is 12.5 Å². The maximum atomic E-state index is 10.6. The van der Waals surface area contributed by atoms with E-state index in [2.05, 4.69) is 5.92 Å². The standard InChI is InChI=1S/C11H8O3/c1-8-3-2-4-9(7-12)10(8)5-6-11(13)14/h2-4,7H,1H3,(H,13,14). The molecular weight excluding hydrogens is 180 g/mol. The number of carboxylic acids is 1. The van der Waals surface area contributed by atoms with Gasteiger partial charge in [0.25, 0.3) is 0 Å². The average Bonchev–Trinajstić information content (AvgIpc) is 2.15. The highest BCUT2D eigenvalue weighted by Gasteiger charge is 2.01. The van der Waals surface area contributed by atoms with E-state index in [9.17, 15) is 9.59 Å². The molecule has 0 saturated heterocycles. The van der Waals surface area contributed by atoms with Gasteiger partial charge in [0, 0.05) is 17.0 Å². The van der Waals surface area contributed by atoms with E-state index in [1.165, 1.54) is 0 Å². The number of carboxylic acid groups (broad SMARTS) is 1. The second-order valence-electron chi connectivity index (χ2n) is 2.71. The first-order valence-electron chi connectivity index (χ1n) is 3.95. The van der Waals surface area contributed by atoms with Crippen molar-refractivity contribution in [2.75, 3.05) is 0 Å². The third-order valence-corrected chi connectivity index (χ3v) is 1.73. The lowest BCUT2D eigenvalue weighted by Gasteiger charge is -1.99. The molecule has 14 heavy (non-hydrogen) atoms. The van der Waals surface area contributed by atoms with Gasteiger partial charge in [0.15, 0.2) is 6.29 Å². The van der Waals surface area contributed by atoms with E-state index in [4.69, 9.17) is 5.11 Å². The maximum absolute atomic E-state index is 10.6. The van der Waals surface area contributed by atoms with Crippen LogP contribution in [0.25, 0.3) is 0 Å². The summed E-state index contributed by atoms with van der Waals surface area (Å²) in [4.78, 5) is 20.8. The quantitative estimate of drug-likeness (QED) is 0.533. The minimum absolute atomic E-state index is 0.416. The highest BCUT2D eigenvalue weighted by atomic mass is 16.4. The SMILES string of the molecule is Cc1cccc(C=O)c1C#CC(=O)O. The van der Waals surface area contributed by atoms with Crippen LogP contribution in [-0.4, -0.2) is 17.4 Å². The van der Waals surface area contributed by atoms with Crippen LogP contribution in [0.3, 0.4) is 0 Å². The summed E-state index contributed by atoms with van der Waals surface area (Å²) >= 11 is 0. The van der Waals surface area contributed by atoms with Crippen molar-refractivity contribution in [3.63, 3.8) is 0 Å². The highest BCUT2D eigenvalue weighted by Crippen LogP contribution is 2.10. The van der Waals surface area contributed by atoms with Gasteiger partial charge in [0.05, 0.1) is 0 Å². The second-order valence-corrected chi connectivity index (χ2v) is 2.71. The molecule has 3 heteroatoms. The van der Waals surface area contributed by atoms with Gasteiger partial charge < -0.3 is 5.11 Å². The lowest BCUT2D eigenvalue weighted by atomic mass is 10.0. The summed E-state index contributed by atoms with van der Waals surface area (Å²) in [5.74, 6) is 3.23. The number of aliphatic carboxylic acids is 1. The van der Waals surface area contributed by atoms with Crippen molar-refractivity contribution in [3.05, 3.63) is 34.9 Å². The molecule has 0 amide bonds. The Balaban J connectivity index is 3.26. The lowest BCUT2D eigenvalue weighted by molar-refractivity contribution is -0.130. The van der Waals surface area contributed by atoms with Crippen LogP contribution < -0.4 is 0 Å². The molecule has 1 rings (SSSR count). The number of carbonyl (C=O) groups excluding carboxylic acids is 1. The molecule has 0 radical (unpaired) electrons. The Morgan fingerprint density at radius 2 is 2.21 bits per heavy atom. The van der Waals surface area contributed by atoms with Gasteiger partial charge in [0.2, 0.25) is 0 Å². The molecule has 0 heterocycles. The van der Waals surface area contributed by atoms with Crippen LogP contribution in [-0.2, 0) is 4.79 Å². The summed E-state index contributed by atoms with van der Waals surface area (Å²) in [6.45, 7) is 1.78. The Hall–Kier alpha value is -2.08. The number of hydrogen-bond acceptors (Lipinski definition) is 2. The molecule has 1 aromatic carbocycles. The van der Waals surface area contributed by atoms with Crippen LogP contribution in [0.4, 0.5) is 0 Å². The molecule has 0 bridgehead atoms. The van der Waals surface area contributed by atoms with Crippen LogP contribution >= 0.6 is 0 Å². The smallest absolute Gasteiger partial charge is 0.382 e. The van der Waals surface area contributed by atoms with Crippen molar-refractivity contribution in [1.29, 1.82) is 0 Å². The Bertz CT molecular complexity index is 436. The first kappa shape index (κ1) is 10.0. The Kier molecular flexibility index (Phi) is 3.03. The number of rotatable bonds is 1. The Morgan fingerprint density at radius 1 is 1.50 bits per heavy atom. The molecule has 0 fully saturated rings. The van der Waals surface area contributed by atoms with E-state index in [1.807, 2.05) is 5.92 Å². The normalized spacial score (nSPS) is 8.64. The Morgan fingerprint density at radius 3 is 2.79 bits per heavy atom. The van der Waals surface area contributed by atoms with Crippen LogP contribution in [0.2, 0.25) is 0 Å². The molecule has 0 aliphatic carbocycles. The zero-order valence-electron chi connectivity index (χ0n) is 7.57. The summed E-state index contributed by atoms with van der Waals surface area (Å²) in [5, 5.41) is 8.37. The molecule has 0 atom stereocenters. The number of carbonyl (C=O) groups is 2. The summed E-state index contributed by atoms with van der Waals surface area (Å²) < 4.78 is 0. The zero-order valence-corrected chi connectivity index (χ0v) is 7.57. The Labute approximate surface area is 81.4 Å². The molecule has 1 N–H and O–H groups in total. The molecule has 0 aliphatic heterocycles. The molecule has 3 nitrogen and oxygen atoms in total. The monoisotopic (exact) mass is 188 g/mol. The van der Waals surface area contributed by atoms with Crippen molar-refractivity contribution in [2.24, 2.45) is 0 Å². The lowest BCUT2D eigenvalue weighted by Crippen LogP contribution is -1.93. The van der Waals surface area contributed by atoms with Crippen molar-refractivity contribution in [3.8, 4) is 11.8 Å². The molecule has 70 valence electrons. The number of aryl methyl sites for hydroxylation is 1. The number of hydrogen-bond donors (Lipinski definition) is 1. The fourth-order valence-corrected chi connectivity index (χ4v) is 1.08. The third kappa shape index (κ3) is 2.20. The fourth-order valence-electron chi connectivity index (χ4n) is 1.08. The van der Waals surface area contributed by atoms with E-state index in [0.717, 1.165) is 5.56 Å². The molecule has 0 aromatic heterocycles. The van der Waals surface area contributed by atoms with E-state index in [0.29, 0.717) is 17.4 Å². The van der Waals surface area contributed by atoms with E-state index >= 15 is 0 Å². The van der Waals surface area contributed by atoms with E-state index in [1.54, 1.807) is 25.1 Å². The maximum Gasteiger partial charge on any atom is 0.382 e. The molecule has 1 aromatic rings. The summed E-state index contributed by atoms with van der Waals surface area (Å²) in [6.07, 6.45) is 0.666. The molecular formula is C11H8O3. The fraction of sp³-hybridized carbons (Fsp3) is 0.0909. The van der Waals surface area contributed by atoms with Crippen LogP contribution in [0.5, 0.6) is 0 Å². The molecule has 0 spiro atoms. The second kappa shape index (κ2) is 4.24.